The molecular weight excluding hydrogens is 350 g/mol. The minimum absolute atomic E-state index is 0.0390. The second-order valence-electron chi connectivity index (χ2n) is 6.53. The zero-order valence-corrected chi connectivity index (χ0v) is 15.3. The van der Waals surface area contributed by atoms with Crippen molar-refractivity contribution >= 4 is 23.2 Å². The van der Waals surface area contributed by atoms with Crippen LogP contribution in [0.3, 0.4) is 0 Å². The third-order valence-corrected chi connectivity index (χ3v) is 4.47. The lowest BCUT2D eigenvalue weighted by molar-refractivity contribution is -0.390. The molecular formula is C19H19N3O5. The van der Waals surface area contributed by atoms with E-state index in [9.17, 15) is 19.7 Å². The number of carbonyl (C=O) groups excluding carboxylic acids is 2. The van der Waals surface area contributed by atoms with Crippen LogP contribution in [0.5, 0.6) is 5.75 Å². The number of amides is 1. The molecule has 0 bridgehead atoms. The Hall–Kier alpha value is -3.29. The lowest BCUT2D eigenvalue weighted by atomic mass is 10.0. The van der Waals surface area contributed by atoms with Crippen LogP contribution < -0.4 is 9.64 Å². The molecule has 0 aliphatic carbocycles. The maximum atomic E-state index is 12.5. The van der Waals surface area contributed by atoms with E-state index in [0.29, 0.717) is 17.7 Å². The van der Waals surface area contributed by atoms with Crippen molar-refractivity contribution in [3.8, 4) is 5.75 Å². The van der Waals surface area contributed by atoms with Gasteiger partial charge < -0.3 is 19.8 Å². The molecule has 2 heterocycles. The van der Waals surface area contributed by atoms with Gasteiger partial charge in [-0.1, -0.05) is 0 Å². The number of aromatic nitrogens is 1. The number of pyridine rings is 1. The predicted molar refractivity (Wildman–Crippen MR) is 98.2 cm³/mol. The molecule has 1 atom stereocenters. The molecule has 8 nitrogen and oxygen atoms in total. The van der Waals surface area contributed by atoms with Crippen molar-refractivity contribution in [2.24, 2.45) is 0 Å². The number of anilines is 1. The van der Waals surface area contributed by atoms with Crippen LogP contribution in [0.25, 0.3) is 0 Å². The molecule has 140 valence electrons. The number of fused-ring (bicyclic) bond motifs is 1. The highest BCUT2D eigenvalue weighted by atomic mass is 16.6. The van der Waals surface area contributed by atoms with Crippen LogP contribution in [-0.2, 0) is 11.2 Å². The number of nitro groups is 1. The first kappa shape index (κ1) is 18.5. The summed E-state index contributed by atoms with van der Waals surface area (Å²) in [4.78, 5) is 40.2. The highest BCUT2D eigenvalue weighted by Gasteiger charge is 2.29. The Kier molecular flexibility index (Phi) is 4.89. The molecule has 1 aromatic carbocycles. The van der Waals surface area contributed by atoms with Crippen molar-refractivity contribution < 1.29 is 19.2 Å². The fourth-order valence-corrected chi connectivity index (χ4v) is 3.28. The third-order valence-electron chi connectivity index (χ3n) is 4.47. The summed E-state index contributed by atoms with van der Waals surface area (Å²) in [6.45, 7) is 4.77. The van der Waals surface area contributed by atoms with Crippen LogP contribution in [0.15, 0.2) is 30.3 Å². The van der Waals surface area contributed by atoms with Gasteiger partial charge in [0.25, 0.3) is 0 Å². The number of rotatable bonds is 5. The number of Topliss-reactive ketones (excluding diaryl/α,β-unsaturated/α-hetero) is 1. The third kappa shape index (κ3) is 3.64. The van der Waals surface area contributed by atoms with Crippen LogP contribution in [0.4, 0.5) is 11.5 Å². The maximum absolute atomic E-state index is 12.5. The first-order chi connectivity index (χ1) is 12.8. The summed E-state index contributed by atoms with van der Waals surface area (Å²) in [7, 11) is 0. The zero-order valence-electron chi connectivity index (χ0n) is 15.3. The summed E-state index contributed by atoms with van der Waals surface area (Å²) in [6, 6.07) is 8.20. The standard InChI is InChI=1S/C19H19N3O5/c1-11-4-7-18(19(20-11)22(25)26)27-10-17(24)14-5-6-16-15(9-14)8-12(2)21(16)13(3)23/h4-7,9,12H,8,10H2,1-3H3. The van der Waals surface area contributed by atoms with Crippen molar-refractivity contribution in [1.82, 2.24) is 4.98 Å². The van der Waals surface area contributed by atoms with Gasteiger partial charge in [-0.05, 0) is 59.1 Å². The van der Waals surface area contributed by atoms with Crippen molar-refractivity contribution in [1.29, 1.82) is 0 Å². The normalized spacial score (nSPS) is 15.4. The Labute approximate surface area is 155 Å². The lowest BCUT2D eigenvalue weighted by Gasteiger charge is -2.20. The van der Waals surface area contributed by atoms with Gasteiger partial charge in [0.1, 0.15) is 5.69 Å². The molecule has 27 heavy (non-hydrogen) atoms. The van der Waals surface area contributed by atoms with Gasteiger partial charge in [-0.15, -0.1) is 0 Å². The van der Waals surface area contributed by atoms with E-state index in [2.05, 4.69) is 4.98 Å². The van der Waals surface area contributed by atoms with Gasteiger partial charge in [-0.2, -0.15) is 0 Å². The average molecular weight is 369 g/mol. The van der Waals surface area contributed by atoms with Crippen molar-refractivity contribution in [2.75, 3.05) is 11.5 Å². The van der Waals surface area contributed by atoms with Gasteiger partial charge in [-0.25, -0.2) is 0 Å². The van der Waals surface area contributed by atoms with E-state index in [1.54, 1.807) is 36.1 Å². The quantitative estimate of drug-likeness (QED) is 0.456. The van der Waals surface area contributed by atoms with Crippen LogP contribution in [0.2, 0.25) is 0 Å². The van der Waals surface area contributed by atoms with E-state index in [1.165, 1.54) is 13.0 Å². The Balaban J connectivity index is 1.76. The van der Waals surface area contributed by atoms with E-state index < -0.39 is 10.7 Å². The molecule has 1 aromatic heterocycles. The molecule has 8 heteroatoms. The molecule has 0 N–H and O–H groups in total. The number of hydrogen-bond donors (Lipinski definition) is 0. The van der Waals surface area contributed by atoms with Crippen LogP contribution in [-0.4, -0.2) is 34.2 Å². The SMILES string of the molecule is CC(=O)N1c2ccc(C(=O)COc3ccc(C)nc3[N+](=O)[O-])cc2CC1C. The summed E-state index contributed by atoms with van der Waals surface area (Å²) < 4.78 is 5.35. The first-order valence-electron chi connectivity index (χ1n) is 8.48. The van der Waals surface area contributed by atoms with E-state index in [4.69, 9.17) is 4.74 Å². The fraction of sp³-hybridized carbons (Fsp3) is 0.316. The van der Waals surface area contributed by atoms with Crippen molar-refractivity contribution in [3.05, 3.63) is 57.3 Å². The number of benzene rings is 1. The van der Waals surface area contributed by atoms with E-state index >= 15 is 0 Å². The molecule has 2 aromatic rings. The molecule has 1 amide bonds. The van der Waals surface area contributed by atoms with Gasteiger partial charge in [0, 0.05) is 31.1 Å². The number of hydrogen-bond acceptors (Lipinski definition) is 6. The number of carbonyl (C=O) groups is 2. The molecule has 1 aliphatic rings. The molecule has 3 rings (SSSR count). The van der Waals surface area contributed by atoms with Crippen LogP contribution in [0.1, 0.15) is 35.5 Å². The largest absolute Gasteiger partial charge is 0.477 e. The van der Waals surface area contributed by atoms with E-state index in [1.807, 2.05) is 6.92 Å². The van der Waals surface area contributed by atoms with Gasteiger partial charge >= 0.3 is 5.82 Å². The van der Waals surface area contributed by atoms with Gasteiger partial charge in [0.15, 0.2) is 12.4 Å². The summed E-state index contributed by atoms with van der Waals surface area (Å²) in [5, 5.41) is 11.1. The number of nitrogens with zero attached hydrogens (tertiary/aromatic N) is 3. The highest BCUT2D eigenvalue weighted by Crippen LogP contribution is 2.33. The van der Waals surface area contributed by atoms with Crippen LogP contribution in [0, 0.1) is 17.0 Å². The first-order valence-corrected chi connectivity index (χ1v) is 8.48. The number of ether oxygens (including phenoxy) is 1. The Morgan fingerprint density at radius 3 is 2.74 bits per heavy atom. The molecule has 0 fully saturated rings. The fourth-order valence-electron chi connectivity index (χ4n) is 3.28. The average Bonchev–Trinajstić information content (AvgIpc) is 2.95. The summed E-state index contributed by atoms with van der Waals surface area (Å²) in [5.41, 5.74) is 2.66. The van der Waals surface area contributed by atoms with Gasteiger partial charge in [0.2, 0.25) is 11.7 Å². The molecule has 0 saturated carbocycles. The van der Waals surface area contributed by atoms with E-state index in [-0.39, 0.29) is 30.1 Å². The smallest absolute Gasteiger partial charge is 0.406 e. The summed E-state index contributed by atoms with van der Waals surface area (Å²) >= 11 is 0. The van der Waals surface area contributed by atoms with Crippen molar-refractivity contribution in [2.45, 2.75) is 33.2 Å². The highest BCUT2D eigenvalue weighted by molar-refractivity contribution is 6.00. The van der Waals surface area contributed by atoms with E-state index in [0.717, 1.165) is 11.3 Å². The monoisotopic (exact) mass is 369 g/mol. The Morgan fingerprint density at radius 2 is 2.07 bits per heavy atom. The molecule has 0 radical (unpaired) electrons. The summed E-state index contributed by atoms with van der Waals surface area (Å²) in [5.74, 6) is -0.802. The minimum atomic E-state index is -0.639. The second kappa shape index (κ2) is 7.14. The Morgan fingerprint density at radius 1 is 1.33 bits per heavy atom. The topological polar surface area (TPSA) is 103 Å². The molecule has 1 unspecified atom stereocenters. The van der Waals surface area contributed by atoms with Gasteiger partial charge in [-0.3, -0.25) is 9.59 Å². The second-order valence-corrected chi connectivity index (χ2v) is 6.53. The van der Waals surface area contributed by atoms with Gasteiger partial charge in [0.05, 0.1) is 0 Å². The van der Waals surface area contributed by atoms with Crippen molar-refractivity contribution in [3.63, 3.8) is 0 Å². The number of aryl methyl sites for hydroxylation is 1. The molecule has 1 aliphatic heterocycles. The molecule has 0 saturated heterocycles. The summed E-state index contributed by atoms with van der Waals surface area (Å²) in [6.07, 6.45) is 0.671. The predicted octanol–water partition coefficient (Wildman–Crippen LogP) is 2.86. The molecule has 0 spiro atoms. The lowest BCUT2D eigenvalue weighted by Crippen LogP contribution is -2.33. The number of ketones is 1. The Bertz CT molecular complexity index is 941. The minimum Gasteiger partial charge on any atom is -0.477 e. The van der Waals surface area contributed by atoms with Crippen LogP contribution >= 0.6 is 0 Å². The maximum Gasteiger partial charge on any atom is 0.406 e. The zero-order chi connectivity index (χ0) is 19.7.